The van der Waals surface area contributed by atoms with Crippen LogP contribution in [0.15, 0.2) is 205 Å². The molecule has 244 valence electrons. The van der Waals surface area contributed by atoms with Gasteiger partial charge in [-0.1, -0.05) is 164 Å². The predicted molar refractivity (Wildman–Crippen MR) is 220 cm³/mol. The molecule has 0 aliphatic heterocycles. The molecule has 1 aromatic heterocycles. The maximum absolute atomic E-state index is 6.46. The molecule has 0 aliphatic carbocycles. The van der Waals surface area contributed by atoms with E-state index in [-0.39, 0.29) is 0 Å². The smallest absolute Gasteiger partial charge is 0.137 e. The van der Waals surface area contributed by atoms with Crippen LogP contribution in [0, 0.1) is 0 Å². The zero-order valence-electron chi connectivity index (χ0n) is 28.4. The Labute approximate surface area is 302 Å². The van der Waals surface area contributed by atoms with Crippen LogP contribution >= 0.6 is 0 Å². The lowest BCUT2D eigenvalue weighted by atomic mass is 9.92. The molecule has 1 heterocycles. The van der Waals surface area contributed by atoms with Gasteiger partial charge in [-0.05, 0) is 85.8 Å². The van der Waals surface area contributed by atoms with E-state index >= 15 is 0 Å². The van der Waals surface area contributed by atoms with Gasteiger partial charge in [-0.15, -0.1) is 0 Å². The Morgan fingerprint density at radius 3 is 1.79 bits per heavy atom. The van der Waals surface area contributed by atoms with Crippen LogP contribution in [0.5, 0.6) is 0 Å². The number of furan rings is 1. The van der Waals surface area contributed by atoms with Gasteiger partial charge in [-0.2, -0.15) is 0 Å². The summed E-state index contributed by atoms with van der Waals surface area (Å²) in [5.41, 5.74) is 12.0. The molecule has 0 N–H and O–H groups in total. The van der Waals surface area contributed by atoms with Crippen molar-refractivity contribution in [3.05, 3.63) is 200 Å². The largest absolute Gasteiger partial charge is 0.456 e. The van der Waals surface area contributed by atoms with Crippen molar-refractivity contribution in [2.75, 3.05) is 4.90 Å². The van der Waals surface area contributed by atoms with Gasteiger partial charge in [0.15, 0.2) is 0 Å². The number of rotatable bonds is 6. The fourth-order valence-electron chi connectivity index (χ4n) is 7.82. The molecule has 10 aromatic rings. The third kappa shape index (κ3) is 5.04. The topological polar surface area (TPSA) is 16.4 Å². The lowest BCUT2D eigenvalue weighted by molar-refractivity contribution is 0.669. The fraction of sp³-hybridized carbons (Fsp3) is 0. The second kappa shape index (κ2) is 12.5. The summed E-state index contributed by atoms with van der Waals surface area (Å²) >= 11 is 0. The van der Waals surface area contributed by atoms with Gasteiger partial charge < -0.3 is 9.32 Å². The second-order valence-electron chi connectivity index (χ2n) is 13.3. The molecule has 9 aromatic carbocycles. The van der Waals surface area contributed by atoms with Crippen LogP contribution in [0.25, 0.3) is 76.9 Å². The van der Waals surface area contributed by atoms with Crippen LogP contribution in [0.2, 0.25) is 0 Å². The monoisotopic (exact) mass is 663 g/mol. The first-order chi connectivity index (χ1) is 25.8. The van der Waals surface area contributed by atoms with Gasteiger partial charge in [0.05, 0.1) is 16.8 Å². The van der Waals surface area contributed by atoms with Crippen LogP contribution in [-0.4, -0.2) is 0 Å². The van der Waals surface area contributed by atoms with Crippen LogP contribution in [0.3, 0.4) is 0 Å². The lowest BCUT2D eigenvalue weighted by Crippen LogP contribution is -2.12. The van der Waals surface area contributed by atoms with Crippen LogP contribution < -0.4 is 4.90 Å². The van der Waals surface area contributed by atoms with E-state index in [0.717, 1.165) is 55.7 Å². The van der Waals surface area contributed by atoms with Crippen LogP contribution in [0.4, 0.5) is 17.1 Å². The van der Waals surface area contributed by atoms with E-state index < -0.39 is 0 Å². The SMILES string of the molecule is c1ccc(-c2ccc(N(c3cc(-c4cccc5c4ccc4ccccc45)ccc3-c3ccccc3)c3cccc4oc5ccccc5c34)cc2)cc1. The van der Waals surface area contributed by atoms with Gasteiger partial charge in [0.25, 0.3) is 0 Å². The van der Waals surface area contributed by atoms with Crippen LogP contribution in [0.1, 0.15) is 0 Å². The van der Waals surface area contributed by atoms with Gasteiger partial charge in [0.2, 0.25) is 0 Å². The number of anilines is 3. The number of para-hydroxylation sites is 1. The number of benzene rings is 9. The first-order valence-electron chi connectivity index (χ1n) is 17.8. The van der Waals surface area contributed by atoms with E-state index in [1.54, 1.807) is 0 Å². The normalized spacial score (nSPS) is 11.5. The summed E-state index contributed by atoms with van der Waals surface area (Å²) in [6.45, 7) is 0. The van der Waals surface area contributed by atoms with Crippen molar-refractivity contribution in [2.45, 2.75) is 0 Å². The van der Waals surface area contributed by atoms with Crippen molar-refractivity contribution >= 4 is 60.5 Å². The van der Waals surface area contributed by atoms with Crippen molar-refractivity contribution in [3.63, 3.8) is 0 Å². The second-order valence-corrected chi connectivity index (χ2v) is 13.3. The van der Waals surface area contributed by atoms with Crippen molar-refractivity contribution < 1.29 is 4.42 Å². The third-order valence-electron chi connectivity index (χ3n) is 10.3. The average molecular weight is 664 g/mol. The minimum absolute atomic E-state index is 0.864. The molecule has 0 unspecified atom stereocenters. The lowest BCUT2D eigenvalue weighted by Gasteiger charge is -2.29. The zero-order valence-corrected chi connectivity index (χ0v) is 28.4. The van der Waals surface area contributed by atoms with Crippen LogP contribution in [-0.2, 0) is 0 Å². The molecule has 0 saturated heterocycles. The minimum Gasteiger partial charge on any atom is -0.456 e. The summed E-state index contributed by atoms with van der Waals surface area (Å²) in [5.74, 6) is 0. The Morgan fingerprint density at radius 1 is 0.327 bits per heavy atom. The molecule has 2 heteroatoms. The van der Waals surface area contributed by atoms with E-state index in [4.69, 9.17) is 4.42 Å². The average Bonchev–Trinajstić information content (AvgIpc) is 3.61. The maximum atomic E-state index is 6.46. The molecule has 0 amide bonds. The molecule has 0 fully saturated rings. The Morgan fingerprint density at radius 2 is 0.962 bits per heavy atom. The van der Waals surface area contributed by atoms with Gasteiger partial charge >= 0.3 is 0 Å². The van der Waals surface area contributed by atoms with Crippen molar-refractivity contribution in [2.24, 2.45) is 0 Å². The zero-order chi connectivity index (χ0) is 34.4. The molecular formula is C50H33NO. The van der Waals surface area contributed by atoms with E-state index in [9.17, 15) is 0 Å². The number of hydrogen-bond acceptors (Lipinski definition) is 2. The molecular weight excluding hydrogens is 631 g/mol. The highest BCUT2D eigenvalue weighted by molar-refractivity contribution is 6.15. The standard InChI is InChI=1S/C50H33NO/c1-3-13-34(14-4-1)35-25-29-39(30-26-35)51(46-22-12-24-49-50(46)45-19-9-10-23-48(45)52-49)47-33-38(28-31-42(47)36-15-5-2-6-16-36)41-20-11-21-43-40-18-8-7-17-37(40)27-32-44(41)43/h1-33H. The van der Waals surface area contributed by atoms with E-state index in [1.807, 2.05) is 6.07 Å². The summed E-state index contributed by atoms with van der Waals surface area (Å²) in [4.78, 5) is 2.42. The Hall–Kier alpha value is -6.90. The Kier molecular flexibility index (Phi) is 7.18. The molecule has 0 bridgehead atoms. The third-order valence-corrected chi connectivity index (χ3v) is 10.3. The molecule has 52 heavy (non-hydrogen) atoms. The Balaban J connectivity index is 1.26. The quantitative estimate of drug-likeness (QED) is 0.165. The van der Waals surface area contributed by atoms with E-state index in [0.29, 0.717) is 0 Å². The highest BCUT2D eigenvalue weighted by Crippen LogP contribution is 2.48. The molecule has 0 atom stereocenters. The first kappa shape index (κ1) is 30.0. The highest BCUT2D eigenvalue weighted by Gasteiger charge is 2.23. The van der Waals surface area contributed by atoms with Crippen molar-refractivity contribution in [1.29, 1.82) is 0 Å². The molecule has 0 radical (unpaired) electrons. The Bertz CT molecular complexity index is 2890. The van der Waals surface area contributed by atoms with Gasteiger partial charge in [0.1, 0.15) is 11.2 Å². The summed E-state index contributed by atoms with van der Waals surface area (Å²) in [5, 5.41) is 7.19. The van der Waals surface area contributed by atoms with E-state index in [2.05, 4.69) is 199 Å². The molecule has 0 spiro atoms. The maximum Gasteiger partial charge on any atom is 0.137 e. The molecule has 0 saturated carbocycles. The number of nitrogens with zero attached hydrogens (tertiary/aromatic N) is 1. The molecule has 0 aliphatic rings. The van der Waals surface area contributed by atoms with Gasteiger partial charge in [-0.3, -0.25) is 0 Å². The number of fused-ring (bicyclic) bond motifs is 6. The van der Waals surface area contributed by atoms with E-state index in [1.165, 1.54) is 38.2 Å². The highest BCUT2D eigenvalue weighted by atomic mass is 16.3. The summed E-state index contributed by atoms with van der Waals surface area (Å²) < 4.78 is 6.46. The first-order valence-corrected chi connectivity index (χ1v) is 17.8. The summed E-state index contributed by atoms with van der Waals surface area (Å²) in [7, 11) is 0. The predicted octanol–water partition coefficient (Wildman–Crippen LogP) is 14.4. The summed E-state index contributed by atoms with van der Waals surface area (Å²) in [6, 6.07) is 71.8. The number of hydrogen-bond donors (Lipinski definition) is 0. The fourth-order valence-corrected chi connectivity index (χ4v) is 7.82. The van der Waals surface area contributed by atoms with Gasteiger partial charge in [0, 0.05) is 16.6 Å². The molecule has 10 rings (SSSR count). The van der Waals surface area contributed by atoms with Gasteiger partial charge in [-0.25, -0.2) is 0 Å². The van der Waals surface area contributed by atoms with Crippen molar-refractivity contribution in [1.82, 2.24) is 0 Å². The van der Waals surface area contributed by atoms with Crippen molar-refractivity contribution in [3.8, 4) is 33.4 Å². The summed E-state index contributed by atoms with van der Waals surface area (Å²) in [6.07, 6.45) is 0. The minimum atomic E-state index is 0.864. The molecule has 2 nitrogen and oxygen atoms in total.